The Labute approximate surface area is 224 Å². The van der Waals surface area contributed by atoms with Crippen LogP contribution in [0, 0.1) is 0 Å². The first-order valence-corrected chi connectivity index (χ1v) is 13.2. The van der Waals surface area contributed by atoms with E-state index in [9.17, 15) is 4.79 Å². The van der Waals surface area contributed by atoms with Gasteiger partial charge in [-0.05, 0) is 74.5 Å². The Morgan fingerprint density at radius 1 is 0.972 bits per heavy atom. The Morgan fingerprint density at radius 2 is 1.72 bits per heavy atom. The number of likely N-dealkylation sites (tertiary alicyclic amines) is 1. The molecular weight excluding hydrogens is 521 g/mol. The van der Waals surface area contributed by atoms with Gasteiger partial charge in [0.05, 0.1) is 15.7 Å². The number of nitrogens with zero attached hydrogens (tertiary/aromatic N) is 4. The van der Waals surface area contributed by atoms with Gasteiger partial charge in [-0.25, -0.2) is 4.98 Å². The van der Waals surface area contributed by atoms with E-state index in [1.807, 2.05) is 12.1 Å². The van der Waals surface area contributed by atoms with Crippen LogP contribution in [0.3, 0.4) is 0 Å². The molecule has 2 fully saturated rings. The lowest BCUT2D eigenvalue weighted by atomic mass is 9.89. The van der Waals surface area contributed by atoms with E-state index in [0.717, 1.165) is 42.7 Å². The molecule has 0 radical (unpaired) electrons. The van der Waals surface area contributed by atoms with Gasteiger partial charge < -0.3 is 15.0 Å². The summed E-state index contributed by atoms with van der Waals surface area (Å²) in [6.07, 6.45) is 6.42. The van der Waals surface area contributed by atoms with Crippen LogP contribution in [0.4, 0.5) is 17.3 Å². The fraction of sp³-hybridized carbons (Fsp3) is 0.346. The van der Waals surface area contributed by atoms with Crippen LogP contribution in [0.25, 0.3) is 0 Å². The number of aromatic nitrogens is 2. The van der Waals surface area contributed by atoms with Gasteiger partial charge >= 0.3 is 0 Å². The van der Waals surface area contributed by atoms with Gasteiger partial charge in [0.2, 0.25) is 11.8 Å². The second-order valence-corrected chi connectivity index (χ2v) is 10.6. The first kappa shape index (κ1) is 23.8. The predicted molar refractivity (Wildman–Crippen MR) is 142 cm³/mol. The van der Waals surface area contributed by atoms with Gasteiger partial charge in [-0.15, -0.1) is 0 Å². The molecule has 0 bridgehead atoms. The number of nitrogens with one attached hydrogen (secondary N) is 1. The third-order valence-corrected chi connectivity index (χ3v) is 7.99. The number of rotatable bonds is 5. The number of para-hydroxylation sites is 1. The number of amides is 1. The fourth-order valence-corrected chi connectivity index (χ4v) is 5.94. The predicted octanol–water partition coefficient (Wildman–Crippen LogP) is 6.52. The molecule has 1 aromatic heterocycles. The zero-order chi connectivity index (χ0) is 24.8. The van der Waals surface area contributed by atoms with Crippen molar-refractivity contribution in [2.24, 2.45) is 0 Å². The van der Waals surface area contributed by atoms with Crippen molar-refractivity contribution in [1.29, 1.82) is 0 Å². The standard InChI is InChI=1S/C26H24Cl3N5O2/c27-20-2-1-3-21(28)23(20)34-14-36-24-19(25(34)35)13-30-26(32-24)31-16-4-7-18(22(29)12-16)15-8-10-33(11-9-15)17-5-6-17/h1-4,7,12-13,15,17H,5-6,8-11,14H2,(H,30,31,32). The molecule has 36 heavy (non-hydrogen) atoms. The number of ether oxygens (including phenoxy) is 1. The first-order valence-electron chi connectivity index (χ1n) is 12.0. The van der Waals surface area contributed by atoms with Crippen LogP contribution in [0.2, 0.25) is 15.1 Å². The minimum atomic E-state index is -0.335. The monoisotopic (exact) mass is 543 g/mol. The first-order chi connectivity index (χ1) is 17.5. The summed E-state index contributed by atoms with van der Waals surface area (Å²) in [7, 11) is 0. The van der Waals surface area contributed by atoms with E-state index in [4.69, 9.17) is 39.5 Å². The number of benzene rings is 2. The number of hydrogen-bond donors (Lipinski definition) is 1. The molecular formula is C26H24Cl3N5O2. The largest absolute Gasteiger partial charge is 0.455 e. The van der Waals surface area contributed by atoms with Gasteiger partial charge in [-0.2, -0.15) is 4.98 Å². The summed E-state index contributed by atoms with van der Waals surface area (Å²) in [5, 5.41) is 4.62. The number of halogens is 3. The molecule has 1 saturated heterocycles. The highest BCUT2D eigenvalue weighted by Crippen LogP contribution is 2.39. The van der Waals surface area contributed by atoms with Crippen LogP contribution in [0.15, 0.2) is 42.6 Å². The molecule has 3 aliphatic rings. The normalized spacial score (nSPS) is 18.6. The van der Waals surface area contributed by atoms with Crippen molar-refractivity contribution in [1.82, 2.24) is 14.9 Å². The molecule has 0 spiro atoms. The average molecular weight is 545 g/mol. The number of fused-ring (bicyclic) bond motifs is 1. The van der Waals surface area contributed by atoms with E-state index in [-0.39, 0.29) is 24.1 Å². The smallest absolute Gasteiger partial charge is 0.268 e. The molecule has 0 atom stereocenters. The van der Waals surface area contributed by atoms with Crippen molar-refractivity contribution < 1.29 is 9.53 Å². The SMILES string of the molecule is O=C1c2cnc(Nc3ccc(C4CCN(C5CC5)CC4)c(Cl)c3)nc2OCN1c1c(Cl)cccc1Cl. The molecule has 0 unspecified atom stereocenters. The average Bonchev–Trinajstić information content (AvgIpc) is 3.71. The summed E-state index contributed by atoms with van der Waals surface area (Å²) in [5.74, 6) is 0.655. The van der Waals surface area contributed by atoms with Crippen molar-refractivity contribution >= 4 is 58.0 Å². The van der Waals surface area contributed by atoms with Crippen molar-refractivity contribution in [2.45, 2.75) is 37.6 Å². The summed E-state index contributed by atoms with van der Waals surface area (Å²) in [6.45, 7) is 2.23. The summed E-state index contributed by atoms with van der Waals surface area (Å²) < 4.78 is 5.77. The number of carbonyl (C=O) groups excluding carboxylic acids is 1. The lowest BCUT2D eigenvalue weighted by Crippen LogP contribution is -2.39. The molecule has 2 aromatic carbocycles. The minimum Gasteiger partial charge on any atom is -0.455 e. The summed E-state index contributed by atoms with van der Waals surface area (Å²) in [5.41, 5.74) is 2.59. The molecule has 7 nitrogen and oxygen atoms in total. The van der Waals surface area contributed by atoms with E-state index in [0.29, 0.717) is 27.6 Å². The summed E-state index contributed by atoms with van der Waals surface area (Å²) in [6, 6.07) is 11.9. The second-order valence-electron chi connectivity index (χ2n) is 9.39. The van der Waals surface area contributed by atoms with Crippen LogP contribution >= 0.6 is 34.8 Å². The highest BCUT2D eigenvalue weighted by atomic mass is 35.5. The van der Waals surface area contributed by atoms with Crippen molar-refractivity contribution in [3.63, 3.8) is 0 Å². The molecule has 186 valence electrons. The van der Waals surface area contributed by atoms with Gasteiger partial charge in [0.25, 0.3) is 5.91 Å². The minimum absolute atomic E-state index is 0.0637. The molecule has 2 aliphatic heterocycles. The number of piperidine rings is 1. The Bertz CT molecular complexity index is 1300. The van der Waals surface area contributed by atoms with Crippen molar-refractivity contribution in [3.8, 4) is 5.88 Å². The molecule has 1 aliphatic carbocycles. The Balaban J connectivity index is 1.15. The lowest BCUT2D eigenvalue weighted by Gasteiger charge is -2.32. The quantitative estimate of drug-likeness (QED) is 0.394. The Morgan fingerprint density at radius 3 is 2.42 bits per heavy atom. The van der Waals surface area contributed by atoms with Crippen molar-refractivity contribution in [2.75, 3.05) is 30.0 Å². The molecule has 3 aromatic rings. The maximum Gasteiger partial charge on any atom is 0.268 e. The van der Waals surface area contributed by atoms with E-state index in [2.05, 4.69) is 26.3 Å². The van der Waals surface area contributed by atoms with E-state index >= 15 is 0 Å². The summed E-state index contributed by atoms with van der Waals surface area (Å²) >= 11 is 19.2. The van der Waals surface area contributed by atoms with Gasteiger partial charge in [-0.3, -0.25) is 9.69 Å². The third kappa shape index (κ3) is 4.61. The third-order valence-electron chi connectivity index (χ3n) is 7.06. The summed E-state index contributed by atoms with van der Waals surface area (Å²) in [4.78, 5) is 25.8. The molecule has 1 saturated carbocycles. The van der Waals surface area contributed by atoms with Gasteiger partial charge in [-0.1, -0.05) is 46.9 Å². The van der Waals surface area contributed by atoms with Crippen LogP contribution in [0.5, 0.6) is 5.88 Å². The van der Waals surface area contributed by atoms with Gasteiger partial charge in [0.15, 0.2) is 6.73 Å². The molecule has 1 N–H and O–H groups in total. The van der Waals surface area contributed by atoms with Crippen molar-refractivity contribution in [3.05, 3.63) is 68.8 Å². The maximum atomic E-state index is 13.1. The van der Waals surface area contributed by atoms with Crippen LogP contribution in [-0.4, -0.2) is 46.6 Å². The highest BCUT2D eigenvalue weighted by molar-refractivity contribution is 6.40. The topological polar surface area (TPSA) is 70.6 Å². The molecule has 10 heteroatoms. The molecule has 1 amide bonds. The number of carbonyl (C=O) groups is 1. The zero-order valence-electron chi connectivity index (χ0n) is 19.4. The number of hydrogen-bond acceptors (Lipinski definition) is 6. The fourth-order valence-electron chi connectivity index (χ4n) is 5.01. The number of anilines is 3. The van der Waals surface area contributed by atoms with E-state index < -0.39 is 0 Å². The van der Waals surface area contributed by atoms with E-state index in [1.165, 1.54) is 29.5 Å². The highest BCUT2D eigenvalue weighted by Gasteiger charge is 2.33. The van der Waals surface area contributed by atoms with Crippen LogP contribution in [-0.2, 0) is 0 Å². The molecule has 6 rings (SSSR count). The van der Waals surface area contributed by atoms with Crippen LogP contribution < -0.4 is 15.0 Å². The lowest BCUT2D eigenvalue weighted by molar-refractivity contribution is 0.0932. The second kappa shape index (κ2) is 9.71. The van der Waals surface area contributed by atoms with Crippen LogP contribution in [0.1, 0.15) is 47.5 Å². The van der Waals surface area contributed by atoms with E-state index in [1.54, 1.807) is 18.2 Å². The van der Waals surface area contributed by atoms with Gasteiger partial charge in [0.1, 0.15) is 5.56 Å². The Kier molecular flexibility index (Phi) is 6.42. The van der Waals surface area contributed by atoms with Gasteiger partial charge in [0, 0.05) is 22.9 Å². The Hall–Kier alpha value is -2.58. The zero-order valence-corrected chi connectivity index (χ0v) is 21.7. The maximum absolute atomic E-state index is 13.1. The molecule has 3 heterocycles.